The Hall–Kier alpha value is -3.45. The van der Waals surface area contributed by atoms with Crippen molar-refractivity contribution in [2.45, 2.75) is 38.2 Å². The van der Waals surface area contributed by atoms with Crippen LogP contribution in [0, 0.1) is 19.7 Å². The van der Waals surface area contributed by atoms with Crippen LogP contribution in [0.3, 0.4) is 0 Å². The molecule has 2 aromatic heterocycles. The van der Waals surface area contributed by atoms with Crippen molar-refractivity contribution in [3.05, 3.63) is 74.5 Å². The first-order valence-corrected chi connectivity index (χ1v) is 12.5. The molecule has 8 nitrogen and oxygen atoms in total. The summed E-state index contributed by atoms with van der Waals surface area (Å²) in [6.45, 7) is 2.88. The molecule has 4 rings (SSSR count). The van der Waals surface area contributed by atoms with E-state index in [9.17, 15) is 31.2 Å². The number of hydrogen-bond acceptors (Lipinski definition) is 6. The molecule has 0 aliphatic heterocycles. The van der Waals surface area contributed by atoms with Crippen molar-refractivity contribution in [3.63, 3.8) is 0 Å². The average Bonchev–Trinajstić information content (AvgIpc) is 3.62. The van der Waals surface area contributed by atoms with Gasteiger partial charge in [-0.15, -0.1) is 0 Å². The normalized spacial score (nSPS) is 13.9. The van der Waals surface area contributed by atoms with Gasteiger partial charge in [-0.3, -0.25) is 19.1 Å². The molecule has 1 amide bonds. The number of halogens is 5. The largest absolute Gasteiger partial charge is 0.534 e. The summed E-state index contributed by atoms with van der Waals surface area (Å²) in [5.74, 6) is -2.39. The van der Waals surface area contributed by atoms with Crippen molar-refractivity contribution in [3.8, 4) is 22.7 Å². The first kappa shape index (κ1) is 26.6. The van der Waals surface area contributed by atoms with E-state index < -0.39 is 43.7 Å². The summed E-state index contributed by atoms with van der Waals surface area (Å²) in [5.41, 5.74) is -6.44. The minimum Gasteiger partial charge on any atom is -0.374 e. The van der Waals surface area contributed by atoms with Gasteiger partial charge in [-0.05, 0) is 50.5 Å². The summed E-state index contributed by atoms with van der Waals surface area (Å²) >= 11 is 5.90. The smallest absolute Gasteiger partial charge is 0.374 e. The first-order chi connectivity index (χ1) is 17.2. The maximum Gasteiger partial charge on any atom is 0.534 e. The van der Waals surface area contributed by atoms with Gasteiger partial charge in [0.1, 0.15) is 10.8 Å². The van der Waals surface area contributed by atoms with Gasteiger partial charge < -0.3 is 9.50 Å². The van der Waals surface area contributed by atoms with E-state index in [1.165, 1.54) is 37.4 Å². The third-order valence-electron chi connectivity index (χ3n) is 5.53. The number of nitrogens with zero attached hydrogens (tertiary/aromatic N) is 2. The number of aryl methyl sites for hydroxylation is 2. The molecule has 0 atom stereocenters. The van der Waals surface area contributed by atoms with Gasteiger partial charge in [0.25, 0.3) is 11.5 Å². The van der Waals surface area contributed by atoms with Gasteiger partial charge in [0.15, 0.2) is 5.75 Å². The quantitative estimate of drug-likeness (QED) is 0.272. The molecule has 0 spiro atoms. The minimum atomic E-state index is -6.07. The summed E-state index contributed by atoms with van der Waals surface area (Å²) < 4.78 is 81.3. The summed E-state index contributed by atoms with van der Waals surface area (Å²) in [6, 6.07) is 6.41. The van der Waals surface area contributed by atoms with Gasteiger partial charge in [0, 0.05) is 29.6 Å². The van der Waals surface area contributed by atoms with E-state index in [0.29, 0.717) is 5.56 Å². The lowest BCUT2D eigenvalue weighted by Crippen LogP contribution is -2.30. The van der Waals surface area contributed by atoms with Crippen molar-refractivity contribution in [1.82, 2.24) is 14.9 Å². The first-order valence-electron chi connectivity index (χ1n) is 10.7. The molecule has 1 saturated carbocycles. The molecule has 0 radical (unpaired) electrons. The predicted molar refractivity (Wildman–Crippen MR) is 126 cm³/mol. The Balaban J connectivity index is 1.79. The van der Waals surface area contributed by atoms with Gasteiger partial charge >= 0.3 is 15.6 Å². The molecule has 1 aromatic carbocycles. The highest BCUT2D eigenvalue weighted by Gasteiger charge is 2.49. The highest BCUT2D eigenvalue weighted by Crippen LogP contribution is 2.32. The molecule has 196 valence electrons. The zero-order valence-electron chi connectivity index (χ0n) is 19.2. The molecule has 2 heterocycles. The molecule has 1 N–H and O–H groups in total. The number of rotatable bonds is 6. The van der Waals surface area contributed by atoms with E-state index in [1.807, 2.05) is 0 Å². The topological polar surface area (TPSA) is 107 Å². The minimum absolute atomic E-state index is 0.0114. The molecular weight excluding hydrogens is 542 g/mol. The van der Waals surface area contributed by atoms with Gasteiger partial charge in [-0.1, -0.05) is 17.7 Å². The Kier molecular flexibility index (Phi) is 6.80. The molecule has 1 aliphatic carbocycles. The molecule has 0 unspecified atom stereocenters. The van der Waals surface area contributed by atoms with Crippen LogP contribution in [-0.2, 0) is 10.1 Å². The Bertz CT molecular complexity index is 1580. The number of benzene rings is 1. The maximum absolute atomic E-state index is 15.3. The van der Waals surface area contributed by atoms with Crippen LogP contribution in [0.1, 0.15) is 34.5 Å². The number of carbonyl (C=O) groups is 1. The van der Waals surface area contributed by atoms with Gasteiger partial charge in [-0.2, -0.15) is 21.6 Å². The molecule has 3 aromatic rings. The lowest BCUT2D eigenvalue weighted by Gasteiger charge is -2.17. The lowest BCUT2D eigenvalue weighted by molar-refractivity contribution is -0.0500. The second-order valence-electron chi connectivity index (χ2n) is 8.36. The predicted octanol–water partition coefficient (Wildman–Crippen LogP) is 4.43. The van der Waals surface area contributed by atoms with Crippen LogP contribution in [0.4, 0.5) is 17.6 Å². The maximum atomic E-state index is 15.3. The van der Waals surface area contributed by atoms with Gasteiger partial charge in [0.2, 0.25) is 0 Å². The van der Waals surface area contributed by atoms with Crippen LogP contribution in [0.2, 0.25) is 5.02 Å². The third kappa shape index (κ3) is 5.18. The fourth-order valence-corrected chi connectivity index (χ4v) is 4.19. The molecule has 1 fully saturated rings. The molecule has 0 bridgehead atoms. The van der Waals surface area contributed by atoms with Crippen LogP contribution in [-0.4, -0.2) is 35.4 Å². The van der Waals surface area contributed by atoms with E-state index in [1.54, 1.807) is 6.92 Å². The van der Waals surface area contributed by atoms with E-state index in [0.717, 1.165) is 23.5 Å². The fourth-order valence-electron chi connectivity index (χ4n) is 3.50. The second kappa shape index (κ2) is 9.45. The second-order valence-corrected chi connectivity index (χ2v) is 10.3. The molecule has 37 heavy (non-hydrogen) atoms. The van der Waals surface area contributed by atoms with E-state index in [-0.39, 0.29) is 34.2 Å². The van der Waals surface area contributed by atoms with Gasteiger partial charge in [-0.25, -0.2) is 4.39 Å². The van der Waals surface area contributed by atoms with Crippen molar-refractivity contribution in [2.75, 3.05) is 0 Å². The number of carbonyl (C=O) groups excluding carboxylic acids is 1. The van der Waals surface area contributed by atoms with Gasteiger partial charge in [0.05, 0.1) is 16.9 Å². The number of amides is 1. The summed E-state index contributed by atoms with van der Waals surface area (Å²) in [5, 5.41) is 1.79. The van der Waals surface area contributed by atoms with Crippen LogP contribution in [0.15, 0.2) is 41.3 Å². The lowest BCUT2D eigenvalue weighted by atomic mass is 10.0. The number of nitrogens with one attached hydrogen (secondary N) is 1. The van der Waals surface area contributed by atoms with Crippen molar-refractivity contribution in [1.29, 1.82) is 0 Å². The van der Waals surface area contributed by atoms with E-state index >= 15 is 4.39 Å². The van der Waals surface area contributed by atoms with Crippen LogP contribution < -0.4 is 15.1 Å². The zero-order chi connectivity index (χ0) is 27.3. The monoisotopic (exact) mass is 559 g/mol. The van der Waals surface area contributed by atoms with Crippen molar-refractivity contribution in [2.24, 2.45) is 0 Å². The summed E-state index contributed by atoms with van der Waals surface area (Å²) in [7, 11) is -6.07. The SMILES string of the molecule is Cc1cnc(-c2cccc(C(=O)NC3CC3)c2F)cc1-n1c(C)cc(OS(=O)(=O)C(F)(F)F)c(Cl)c1=O. The third-order valence-corrected chi connectivity index (χ3v) is 6.84. The van der Waals surface area contributed by atoms with E-state index in [2.05, 4.69) is 14.5 Å². The molecule has 0 saturated heterocycles. The number of alkyl halides is 3. The van der Waals surface area contributed by atoms with Crippen molar-refractivity contribution < 1.29 is 35.0 Å². The zero-order valence-corrected chi connectivity index (χ0v) is 20.8. The summed E-state index contributed by atoms with van der Waals surface area (Å²) in [4.78, 5) is 29.6. The Morgan fingerprint density at radius 2 is 1.89 bits per heavy atom. The Morgan fingerprint density at radius 3 is 2.51 bits per heavy atom. The van der Waals surface area contributed by atoms with Crippen molar-refractivity contribution >= 4 is 27.6 Å². The standard InChI is InChI=1S/C23H18ClF4N3O5S/c1-11-10-29-16(14-4-3-5-15(20(14)25)21(32)30-13-6-7-13)9-17(11)31-12(2)8-18(19(24)22(31)33)36-37(34,35)23(26,27)28/h3-5,8-10,13H,6-7H2,1-2H3,(H,30,32). The Morgan fingerprint density at radius 1 is 1.22 bits per heavy atom. The highest BCUT2D eigenvalue weighted by atomic mass is 35.5. The average molecular weight is 560 g/mol. The fraction of sp³-hybridized carbons (Fsp3) is 0.261. The molecule has 1 aliphatic rings. The highest BCUT2D eigenvalue weighted by molar-refractivity contribution is 7.88. The van der Waals surface area contributed by atoms with Crippen LogP contribution in [0.25, 0.3) is 16.9 Å². The summed E-state index contributed by atoms with van der Waals surface area (Å²) in [6.07, 6.45) is 2.97. The Labute approximate surface area is 213 Å². The number of hydrogen-bond donors (Lipinski definition) is 1. The number of pyridine rings is 2. The van der Waals surface area contributed by atoms with Crippen LogP contribution >= 0.6 is 11.6 Å². The molecule has 14 heteroatoms. The molecular formula is C23H18ClF4N3O5S. The van der Waals surface area contributed by atoms with E-state index in [4.69, 9.17) is 11.6 Å². The number of aromatic nitrogens is 2. The van der Waals surface area contributed by atoms with Crippen LogP contribution in [0.5, 0.6) is 5.75 Å².